The lowest BCUT2D eigenvalue weighted by atomic mass is 10.1. The Bertz CT molecular complexity index is 414. The molecule has 0 atom stereocenters. The molecule has 0 saturated carbocycles. The maximum Gasteiger partial charge on any atom is 0.417 e. The van der Waals surface area contributed by atoms with Crippen LogP contribution in [-0.4, -0.2) is 31.1 Å². The van der Waals surface area contributed by atoms with E-state index < -0.39 is 11.7 Å². The van der Waals surface area contributed by atoms with Gasteiger partial charge in [-0.15, -0.1) is 0 Å². The second-order valence-corrected chi connectivity index (χ2v) is 4.75. The van der Waals surface area contributed by atoms with Gasteiger partial charge >= 0.3 is 6.18 Å². The number of hydrogen-bond acceptors (Lipinski definition) is 2. The van der Waals surface area contributed by atoms with Crippen LogP contribution < -0.4 is 5.32 Å². The summed E-state index contributed by atoms with van der Waals surface area (Å²) in [4.78, 5) is 2.19. The molecule has 0 radical (unpaired) electrons. The van der Waals surface area contributed by atoms with E-state index in [0.717, 1.165) is 37.8 Å². The lowest BCUT2D eigenvalue weighted by Gasteiger charge is -2.27. The number of hydrogen-bond donors (Lipinski definition) is 1. The zero-order valence-electron chi connectivity index (χ0n) is 9.73. The van der Waals surface area contributed by atoms with Crippen molar-refractivity contribution in [3.63, 3.8) is 0 Å². The van der Waals surface area contributed by atoms with Crippen molar-refractivity contribution in [1.82, 2.24) is 10.2 Å². The molecule has 1 aliphatic heterocycles. The molecule has 0 amide bonds. The fourth-order valence-electron chi connectivity index (χ4n) is 2.01. The lowest BCUT2D eigenvalue weighted by molar-refractivity contribution is -0.137. The molecule has 1 aliphatic rings. The van der Waals surface area contributed by atoms with Crippen LogP contribution in [0.5, 0.6) is 0 Å². The Morgan fingerprint density at radius 1 is 1.22 bits per heavy atom. The zero-order chi connectivity index (χ0) is 13.2. The maximum absolute atomic E-state index is 12.5. The van der Waals surface area contributed by atoms with Crippen LogP contribution in [-0.2, 0) is 12.7 Å². The molecule has 0 aromatic heterocycles. The molecule has 1 fully saturated rings. The van der Waals surface area contributed by atoms with Crippen molar-refractivity contribution in [3.05, 3.63) is 34.3 Å². The van der Waals surface area contributed by atoms with Crippen molar-refractivity contribution in [3.8, 4) is 0 Å². The summed E-state index contributed by atoms with van der Waals surface area (Å²) in [5.74, 6) is 0. The monoisotopic (exact) mass is 278 g/mol. The topological polar surface area (TPSA) is 15.3 Å². The number of rotatable bonds is 2. The van der Waals surface area contributed by atoms with E-state index in [0.29, 0.717) is 6.54 Å². The van der Waals surface area contributed by atoms with E-state index in [2.05, 4.69) is 10.2 Å². The number of alkyl halides is 3. The molecule has 0 spiro atoms. The molecule has 0 aliphatic carbocycles. The van der Waals surface area contributed by atoms with Gasteiger partial charge in [0.25, 0.3) is 0 Å². The highest BCUT2D eigenvalue weighted by Crippen LogP contribution is 2.35. The molecular formula is C12H14ClF3N2. The Kier molecular flexibility index (Phi) is 4.14. The van der Waals surface area contributed by atoms with Crippen molar-refractivity contribution in [2.75, 3.05) is 26.2 Å². The first kappa shape index (κ1) is 13.6. The van der Waals surface area contributed by atoms with Crippen LogP contribution in [0, 0.1) is 0 Å². The van der Waals surface area contributed by atoms with Gasteiger partial charge in [-0.05, 0) is 17.7 Å². The third kappa shape index (κ3) is 3.37. The second kappa shape index (κ2) is 5.47. The molecule has 2 rings (SSSR count). The molecule has 100 valence electrons. The molecule has 18 heavy (non-hydrogen) atoms. The molecule has 1 aromatic carbocycles. The third-order valence-electron chi connectivity index (χ3n) is 2.95. The Labute approximate surface area is 109 Å². The van der Waals surface area contributed by atoms with Crippen molar-refractivity contribution in [2.45, 2.75) is 12.7 Å². The maximum atomic E-state index is 12.5. The Morgan fingerprint density at radius 2 is 1.89 bits per heavy atom. The minimum Gasteiger partial charge on any atom is -0.314 e. The Morgan fingerprint density at radius 3 is 2.44 bits per heavy atom. The van der Waals surface area contributed by atoms with Crippen molar-refractivity contribution >= 4 is 11.6 Å². The molecule has 1 N–H and O–H groups in total. The van der Waals surface area contributed by atoms with Crippen LogP contribution in [0.4, 0.5) is 13.2 Å². The van der Waals surface area contributed by atoms with E-state index in [1.165, 1.54) is 12.1 Å². The quantitative estimate of drug-likeness (QED) is 0.895. The van der Waals surface area contributed by atoms with Gasteiger partial charge in [-0.2, -0.15) is 13.2 Å². The largest absolute Gasteiger partial charge is 0.417 e. The molecule has 0 unspecified atom stereocenters. The van der Waals surface area contributed by atoms with Crippen LogP contribution in [0.15, 0.2) is 18.2 Å². The molecule has 1 aromatic rings. The van der Waals surface area contributed by atoms with Gasteiger partial charge in [0, 0.05) is 32.7 Å². The number of piperazine rings is 1. The van der Waals surface area contributed by atoms with Crippen molar-refractivity contribution in [2.24, 2.45) is 0 Å². The third-order valence-corrected chi connectivity index (χ3v) is 3.27. The number of nitrogens with one attached hydrogen (secondary N) is 1. The van der Waals surface area contributed by atoms with Crippen molar-refractivity contribution < 1.29 is 13.2 Å². The summed E-state index contributed by atoms with van der Waals surface area (Å²) in [6, 6.07) is 3.96. The van der Waals surface area contributed by atoms with E-state index in [9.17, 15) is 13.2 Å². The van der Waals surface area contributed by atoms with Gasteiger partial charge in [0.2, 0.25) is 0 Å². The van der Waals surface area contributed by atoms with Gasteiger partial charge in [0.05, 0.1) is 10.6 Å². The molecule has 2 nitrogen and oxygen atoms in total. The average Bonchev–Trinajstić information content (AvgIpc) is 2.28. The fraction of sp³-hybridized carbons (Fsp3) is 0.500. The standard InChI is InChI=1S/C12H14ClF3N2/c13-11-7-9(1-2-10(11)12(14,15)16)8-18-5-3-17-4-6-18/h1-2,7,17H,3-6,8H2. The van der Waals surface area contributed by atoms with Gasteiger partial charge in [0.1, 0.15) is 0 Å². The smallest absolute Gasteiger partial charge is 0.314 e. The summed E-state index contributed by atoms with van der Waals surface area (Å²) >= 11 is 5.68. The highest BCUT2D eigenvalue weighted by Gasteiger charge is 2.33. The summed E-state index contributed by atoms with van der Waals surface area (Å²) in [7, 11) is 0. The van der Waals surface area contributed by atoms with Crippen molar-refractivity contribution in [1.29, 1.82) is 0 Å². The highest BCUT2D eigenvalue weighted by atomic mass is 35.5. The minimum absolute atomic E-state index is 0.227. The van der Waals surface area contributed by atoms with Gasteiger partial charge < -0.3 is 5.32 Å². The molecule has 0 bridgehead atoms. The Hall–Kier alpha value is -0.780. The first-order valence-electron chi connectivity index (χ1n) is 5.75. The fourth-order valence-corrected chi connectivity index (χ4v) is 2.32. The second-order valence-electron chi connectivity index (χ2n) is 4.34. The lowest BCUT2D eigenvalue weighted by Crippen LogP contribution is -2.42. The summed E-state index contributed by atoms with van der Waals surface area (Å²) in [6.45, 7) is 4.26. The van der Waals surface area contributed by atoms with Gasteiger partial charge in [-0.25, -0.2) is 0 Å². The van der Waals surface area contributed by atoms with Crippen LogP contribution in [0.25, 0.3) is 0 Å². The van der Waals surface area contributed by atoms with Gasteiger partial charge in [-0.1, -0.05) is 17.7 Å². The predicted octanol–water partition coefficient (Wildman–Crippen LogP) is 2.76. The number of benzene rings is 1. The first-order valence-corrected chi connectivity index (χ1v) is 6.13. The van der Waals surface area contributed by atoms with E-state index in [1.54, 1.807) is 0 Å². The molecular weight excluding hydrogens is 265 g/mol. The van der Waals surface area contributed by atoms with E-state index >= 15 is 0 Å². The minimum atomic E-state index is -4.38. The van der Waals surface area contributed by atoms with E-state index in [1.807, 2.05) is 0 Å². The predicted molar refractivity (Wildman–Crippen MR) is 64.6 cm³/mol. The van der Waals surface area contributed by atoms with Crippen LogP contribution >= 0.6 is 11.6 Å². The van der Waals surface area contributed by atoms with E-state index in [-0.39, 0.29) is 5.02 Å². The Balaban J connectivity index is 2.08. The van der Waals surface area contributed by atoms with Crippen LogP contribution in [0.3, 0.4) is 0 Å². The average molecular weight is 279 g/mol. The summed E-state index contributed by atoms with van der Waals surface area (Å²) in [5, 5.41) is 3.00. The van der Waals surface area contributed by atoms with E-state index in [4.69, 9.17) is 11.6 Å². The summed E-state index contributed by atoms with van der Waals surface area (Å²) in [5.41, 5.74) is 0.0446. The number of halogens is 4. The van der Waals surface area contributed by atoms with Crippen LogP contribution in [0.1, 0.15) is 11.1 Å². The molecule has 1 saturated heterocycles. The van der Waals surface area contributed by atoms with Gasteiger partial charge in [-0.3, -0.25) is 4.90 Å². The van der Waals surface area contributed by atoms with Gasteiger partial charge in [0.15, 0.2) is 0 Å². The molecule has 6 heteroatoms. The SMILES string of the molecule is FC(F)(F)c1ccc(CN2CCNCC2)cc1Cl. The molecule has 1 heterocycles. The normalized spacial score (nSPS) is 18.0. The number of nitrogens with zero attached hydrogens (tertiary/aromatic N) is 1. The summed E-state index contributed by atoms with van der Waals surface area (Å²) < 4.78 is 37.6. The van der Waals surface area contributed by atoms with Crippen LogP contribution in [0.2, 0.25) is 5.02 Å². The summed E-state index contributed by atoms with van der Waals surface area (Å²) in [6.07, 6.45) is -4.38. The first-order chi connectivity index (χ1) is 8.47. The highest BCUT2D eigenvalue weighted by molar-refractivity contribution is 6.31. The zero-order valence-corrected chi connectivity index (χ0v) is 10.5.